The zero-order valence-electron chi connectivity index (χ0n) is 10.5. The lowest BCUT2D eigenvalue weighted by Crippen LogP contribution is -2.14. The Morgan fingerprint density at radius 2 is 1.95 bits per heavy atom. The number of hydrogen-bond donors (Lipinski definition) is 1. The highest BCUT2D eigenvalue weighted by molar-refractivity contribution is 9.10. The Bertz CT molecular complexity index is 641. The normalized spacial score (nSPS) is 10.3. The number of nitrogens with one attached hydrogen (secondary N) is 1. The molecule has 0 aliphatic heterocycles. The molecule has 0 radical (unpaired) electrons. The molecule has 1 aromatic carbocycles. The summed E-state index contributed by atoms with van der Waals surface area (Å²) in [4.78, 5) is 16.4. The van der Waals surface area contributed by atoms with E-state index in [2.05, 4.69) is 42.2 Å². The average Bonchev–Trinajstić information content (AvgIpc) is 2.35. The minimum absolute atomic E-state index is 0.173. The first-order valence-corrected chi connectivity index (χ1v) is 7.25. The summed E-state index contributed by atoms with van der Waals surface area (Å²) in [5.41, 5.74) is 2.55. The first-order chi connectivity index (χ1) is 8.97. The van der Waals surface area contributed by atoms with Gasteiger partial charge in [-0.2, -0.15) is 0 Å². The van der Waals surface area contributed by atoms with Crippen LogP contribution >= 0.6 is 31.9 Å². The molecule has 1 amide bonds. The van der Waals surface area contributed by atoms with Gasteiger partial charge in [0.05, 0.1) is 5.56 Å². The van der Waals surface area contributed by atoms with Crippen LogP contribution in [-0.4, -0.2) is 10.9 Å². The molecule has 0 saturated heterocycles. The number of aromatic nitrogens is 1. The van der Waals surface area contributed by atoms with E-state index in [0.717, 1.165) is 20.1 Å². The monoisotopic (exact) mass is 382 g/mol. The number of anilines is 1. The van der Waals surface area contributed by atoms with Gasteiger partial charge in [-0.15, -0.1) is 0 Å². The van der Waals surface area contributed by atoms with E-state index in [1.165, 1.54) is 0 Å². The zero-order chi connectivity index (χ0) is 14.0. The van der Waals surface area contributed by atoms with Gasteiger partial charge in [0.25, 0.3) is 5.91 Å². The van der Waals surface area contributed by atoms with Crippen molar-refractivity contribution < 1.29 is 4.79 Å². The van der Waals surface area contributed by atoms with Gasteiger partial charge >= 0.3 is 0 Å². The molecule has 1 N–H and O–H groups in total. The molecule has 0 spiro atoms. The molecular weight excluding hydrogens is 372 g/mol. The van der Waals surface area contributed by atoms with Crippen LogP contribution < -0.4 is 5.32 Å². The van der Waals surface area contributed by atoms with Gasteiger partial charge in [-0.3, -0.25) is 4.79 Å². The zero-order valence-corrected chi connectivity index (χ0v) is 13.7. The molecule has 0 bridgehead atoms. The summed E-state index contributed by atoms with van der Waals surface area (Å²) in [6.45, 7) is 3.85. The maximum Gasteiger partial charge on any atom is 0.257 e. The topological polar surface area (TPSA) is 42.0 Å². The molecule has 1 heterocycles. The number of carbonyl (C=O) groups is 1. The molecule has 0 saturated carbocycles. The Morgan fingerprint density at radius 1 is 1.21 bits per heavy atom. The van der Waals surface area contributed by atoms with E-state index in [1.54, 1.807) is 6.20 Å². The van der Waals surface area contributed by atoms with Crippen LogP contribution in [0.1, 0.15) is 21.5 Å². The SMILES string of the molecule is Cc1ccc(Br)c(C(=O)Nc2ncc(Br)cc2C)c1. The van der Waals surface area contributed by atoms with Crippen molar-refractivity contribution in [3.63, 3.8) is 0 Å². The number of amides is 1. The van der Waals surface area contributed by atoms with E-state index in [0.29, 0.717) is 11.4 Å². The number of hydrogen-bond acceptors (Lipinski definition) is 2. The molecule has 98 valence electrons. The number of benzene rings is 1. The van der Waals surface area contributed by atoms with E-state index in [1.807, 2.05) is 38.1 Å². The minimum atomic E-state index is -0.173. The maximum atomic E-state index is 12.2. The smallest absolute Gasteiger partial charge is 0.257 e. The lowest BCUT2D eigenvalue weighted by molar-refractivity contribution is 0.102. The van der Waals surface area contributed by atoms with Crippen molar-refractivity contribution >= 4 is 43.6 Å². The summed E-state index contributed by atoms with van der Waals surface area (Å²) >= 11 is 6.73. The Morgan fingerprint density at radius 3 is 2.63 bits per heavy atom. The van der Waals surface area contributed by atoms with Crippen molar-refractivity contribution in [1.82, 2.24) is 4.98 Å². The van der Waals surface area contributed by atoms with Gasteiger partial charge in [0.15, 0.2) is 0 Å². The molecule has 5 heteroatoms. The summed E-state index contributed by atoms with van der Waals surface area (Å²) in [5, 5.41) is 2.82. The Hall–Kier alpha value is -1.20. The molecule has 19 heavy (non-hydrogen) atoms. The third kappa shape index (κ3) is 3.42. The van der Waals surface area contributed by atoms with Gasteiger partial charge in [-0.05, 0) is 69.5 Å². The van der Waals surface area contributed by atoms with Crippen molar-refractivity contribution in [3.05, 3.63) is 56.1 Å². The van der Waals surface area contributed by atoms with Crippen LogP contribution in [0.25, 0.3) is 0 Å². The average molecular weight is 384 g/mol. The number of pyridine rings is 1. The van der Waals surface area contributed by atoms with E-state index in [9.17, 15) is 4.79 Å². The van der Waals surface area contributed by atoms with E-state index >= 15 is 0 Å². The van der Waals surface area contributed by atoms with E-state index < -0.39 is 0 Å². The molecule has 0 fully saturated rings. The van der Waals surface area contributed by atoms with Crippen LogP contribution in [0.2, 0.25) is 0 Å². The molecular formula is C14H12Br2N2O. The molecule has 0 aliphatic rings. The highest BCUT2D eigenvalue weighted by Gasteiger charge is 2.12. The number of carbonyl (C=O) groups excluding carboxylic acids is 1. The van der Waals surface area contributed by atoms with Gasteiger partial charge in [0.2, 0.25) is 0 Å². The number of halogens is 2. The van der Waals surface area contributed by atoms with Crippen molar-refractivity contribution in [2.45, 2.75) is 13.8 Å². The Kier molecular flexibility index (Phi) is 4.37. The van der Waals surface area contributed by atoms with E-state index in [-0.39, 0.29) is 5.91 Å². The highest BCUT2D eigenvalue weighted by Crippen LogP contribution is 2.21. The van der Waals surface area contributed by atoms with Crippen LogP contribution in [0.5, 0.6) is 0 Å². The van der Waals surface area contributed by atoms with Crippen molar-refractivity contribution in [2.75, 3.05) is 5.32 Å². The molecule has 2 aromatic rings. The van der Waals surface area contributed by atoms with Crippen molar-refractivity contribution in [3.8, 4) is 0 Å². The molecule has 0 unspecified atom stereocenters. The van der Waals surface area contributed by atoms with Crippen LogP contribution in [0.4, 0.5) is 5.82 Å². The second-order valence-corrected chi connectivity index (χ2v) is 6.03. The van der Waals surface area contributed by atoms with Crippen LogP contribution in [0, 0.1) is 13.8 Å². The fourth-order valence-electron chi connectivity index (χ4n) is 1.66. The first kappa shape index (κ1) is 14.2. The Balaban J connectivity index is 2.28. The van der Waals surface area contributed by atoms with Gasteiger partial charge in [0.1, 0.15) is 5.82 Å². The van der Waals surface area contributed by atoms with Gasteiger partial charge in [-0.25, -0.2) is 4.98 Å². The molecule has 2 rings (SSSR count). The van der Waals surface area contributed by atoms with Crippen molar-refractivity contribution in [1.29, 1.82) is 0 Å². The fourth-order valence-corrected chi connectivity index (χ4v) is 2.53. The minimum Gasteiger partial charge on any atom is -0.306 e. The molecule has 0 aliphatic carbocycles. The van der Waals surface area contributed by atoms with Gasteiger partial charge < -0.3 is 5.32 Å². The predicted molar refractivity (Wildman–Crippen MR) is 83.5 cm³/mol. The summed E-state index contributed by atoms with van der Waals surface area (Å²) < 4.78 is 1.66. The summed E-state index contributed by atoms with van der Waals surface area (Å²) in [5.74, 6) is 0.398. The second-order valence-electron chi connectivity index (χ2n) is 4.26. The van der Waals surface area contributed by atoms with Crippen molar-refractivity contribution in [2.24, 2.45) is 0 Å². The van der Waals surface area contributed by atoms with E-state index in [4.69, 9.17) is 0 Å². The predicted octanol–water partition coefficient (Wildman–Crippen LogP) is 4.48. The second kappa shape index (κ2) is 5.84. The third-order valence-electron chi connectivity index (χ3n) is 2.64. The quantitative estimate of drug-likeness (QED) is 0.830. The lowest BCUT2D eigenvalue weighted by atomic mass is 10.1. The van der Waals surface area contributed by atoms with Crippen LogP contribution in [0.3, 0.4) is 0 Å². The number of aryl methyl sites for hydroxylation is 2. The first-order valence-electron chi connectivity index (χ1n) is 5.67. The van der Waals surface area contributed by atoms with Gasteiger partial charge in [-0.1, -0.05) is 11.6 Å². The molecule has 1 aromatic heterocycles. The fraction of sp³-hybridized carbons (Fsp3) is 0.143. The van der Waals surface area contributed by atoms with Crippen LogP contribution in [-0.2, 0) is 0 Å². The molecule has 0 atom stereocenters. The molecule has 3 nitrogen and oxygen atoms in total. The summed E-state index contributed by atoms with van der Waals surface area (Å²) in [6, 6.07) is 7.57. The number of nitrogens with zero attached hydrogens (tertiary/aromatic N) is 1. The largest absolute Gasteiger partial charge is 0.306 e. The highest BCUT2D eigenvalue weighted by atomic mass is 79.9. The number of rotatable bonds is 2. The third-order valence-corrected chi connectivity index (χ3v) is 3.77. The lowest BCUT2D eigenvalue weighted by Gasteiger charge is -2.09. The van der Waals surface area contributed by atoms with Crippen LogP contribution in [0.15, 0.2) is 39.4 Å². The summed E-state index contributed by atoms with van der Waals surface area (Å²) in [6.07, 6.45) is 1.66. The summed E-state index contributed by atoms with van der Waals surface area (Å²) in [7, 11) is 0. The maximum absolute atomic E-state index is 12.2. The Labute approximate surface area is 128 Å². The standard InChI is InChI=1S/C14H12Br2N2O/c1-8-3-4-12(16)11(5-8)14(19)18-13-9(2)6-10(15)7-17-13/h3-7H,1-2H3,(H,17,18,19). The van der Waals surface area contributed by atoms with Gasteiger partial charge in [0, 0.05) is 15.1 Å².